The van der Waals surface area contributed by atoms with E-state index in [1.165, 1.54) is 5.69 Å². The van der Waals surface area contributed by atoms with Gasteiger partial charge in [0.25, 0.3) is 0 Å². The molecule has 1 aromatic carbocycles. The number of aromatic amines is 2. The van der Waals surface area contributed by atoms with Crippen molar-refractivity contribution in [3.8, 4) is 11.4 Å². The zero-order valence-electron chi connectivity index (χ0n) is 14.1. The van der Waals surface area contributed by atoms with Gasteiger partial charge in [0, 0.05) is 31.7 Å². The Morgan fingerprint density at radius 3 is 2.44 bits per heavy atom. The van der Waals surface area contributed by atoms with Gasteiger partial charge in [0.1, 0.15) is 0 Å². The van der Waals surface area contributed by atoms with E-state index in [1.807, 2.05) is 25.1 Å². The fraction of sp³-hybridized carbons (Fsp3) is 0.375. The number of nitrogens with one attached hydrogen (secondary N) is 2. The van der Waals surface area contributed by atoms with E-state index in [0.717, 1.165) is 53.8 Å². The van der Waals surface area contributed by atoms with Crippen molar-refractivity contribution in [3.05, 3.63) is 34.6 Å². The average molecular weight is 359 g/mol. The lowest BCUT2D eigenvalue weighted by Crippen LogP contribution is -2.47. The van der Waals surface area contributed by atoms with Crippen LogP contribution in [-0.2, 0) is 0 Å². The standard InChI is InChI=1S/C16H19ClN8/c1-10-15(11(2)19-18-10)25-7-5-24(6-8-25)14-9-12(3-4-13(14)17)16-20-22-23-21-16/h3-4,9H,5-8H2,1-2H3,(H,18,19)(H,20,21,22,23). The van der Waals surface area contributed by atoms with Crippen molar-refractivity contribution in [2.24, 2.45) is 0 Å². The van der Waals surface area contributed by atoms with Crippen molar-refractivity contribution in [1.82, 2.24) is 30.8 Å². The SMILES string of the molecule is Cc1n[nH]c(C)c1N1CCN(c2cc(-c3nn[nH]n3)ccc2Cl)CC1. The zero-order valence-corrected chi connectivity index (χ0v) is 14.9. The number of rotatable bonds is 3. The first kappa shape index (κ1) is 15.9. The van der Waals surface area contributed by atoms with E-state index in [1.54, 1.807) is 0 Å². The number of nitrogens with zero attached hydrogens (tertiary/aromatic N) is 6. The molecule has 0 spiro atoms. The van der Waals surface area contributed by atoms with Crippen LogP contribution in [0, 0.1) is 13.8 Å². The van der Waals surface area contributed by atoms with Crippen LogP contribution >= 0.6 is 11.6 Å². The lowest BCUT2D eigenvalue weighted by molar-refractivity contribution is 0.651. The first-order chi connectivity index (χ1) is 12.1. The molecular formula is C16H19ClN8. The second-order valence-corrected chi connectivity index (χ2v) is 6.57. The second-order valence-electron chi connectivity index (χ2n) is 6.16. The van der Waals surface area contributed by atoms with Gasteiger partial charge in [-0.05, 0) is 37.3 Å². The summed E-state index contributed by atoms with van der Waals surface area (Å²) in [5.74, 6) is 0.571. The highest BCUT2D eigenvalue weighted by Crippen LogP contribution is 2.32. The molecule has 8 nitrogen and oxygen atoms in total. The Kier molecular flexibility index (Phi) is 4.04. The molecule has 0 amide bonds. The number of piperazine rings is 1. The molecule has 4 rings (SSSR count). The van der Waals surface area contributed by atoms with Crippen LogP contribution in [0.1, 0.15) is 11.4 Å². The highest BCUT2D eigenvalue weighted by molar-refractivity contribution is 6.33. The van der Waals surface area contributed by atoms with Gasteiger partial charge in [0.05, 0.1) is 27.8 Å². The fourth-order valence-electron chi connectivity index (χ4n) is 3.36. The van der Waals surface area contributed by atoms with Crippen LogP contribution in [0.4, 0.5) is 11.4 Å². The molecule has 2 N–H and O–H groups in total. The van der Waals surface area contributed by atoms with Crippen LogP contribution in [0.15, 0.2) is 18.2 Å². The van der Waals surface area contributed by atoms with Gasteiger partial charge < -0.3 is 9.80 Å². The zero-order chi connectivity index (χ0) is 17.4. The van der Waals surface area contributed by atoms with E-state index in [2.05, 4.69) is 47.5 Å². The third-order valence-corrected chi connectivity index (χ3v) is 4.90. The minimum atomic E-state index is 0.571. The number of hydrogen-bond donors (Lipinski definition) is 2. The summed E-state index contributed by atoms with van der Waals surface area (Å²) < 4.78 is 0. The number of hydrogen-bond acceptors (Lipinski definition) is 6. The lowest BCUT2D eigenvalue weighted by atomic mass is 10.1. The molecule has 0 radical (unpaired) electrons. The highest BCUT2D eigenvalue weighted by Gasteiger charge is 2.23. The summed E-state index contributed by atoms with van der Waals surface area (Å²) >= 11 is 6.44. The molecule has 9 heteroatoms. The summed E-state index contributed by atoms with van der Waals surface area (Å²) in [6.07, 6.45) is 0. The number of tetrazole rings is 1. The predicted molar refractivity (Wildman–Crippen MR) is 97.1 cm³/mol. The van der Waals surface area contributed by atoms with Crippen LogP contribution in [0.2, 0.25) is 5.02 Å². The first-order valence-electron chi connectivity index (χ1n) is 8.18. The summed E-state index contributed by atoms with van der Waals surface area (Å²) in [6.45, 7) is 7.72. The minimum Gasteiger partial charge on any atom is -0.367 e. The smallest absolute Gasteiger partial charge is 0.204 e. The molecule has 1 aliphatic rings. The molecule has 1 aliphatic heterocycles. The van der Waals surface area contributed by atoms with E-state index in [9.17, 15) is 0 Å². The molecule has 0 unspecified atom stereocenters. The number of halogens is 1. The normalized spacial score (nSPS) is 15.0. The van der Waals surface area contributed by atoms with Crippen LogP contribution in [0.5, 0.6) is 0 Å². The van der Waals surface area contributed by atoms with E-state index >= 15 is 0 Å². The van der Waals surface area contributed by atoms with Gasteiger partial charge in [0.15, 0.2) is 0 Å². The third kappa shape index (κ3) is 2.93. The van der Waals surface area contributed by atoms with Crippen molar-refractivity contribution in [2.75, 3.05) is 36.0 Å². The molecule has 0 atom stereocenters. The maximum atomic E-state index is 6.44. The van der Waals surface area contributed by atoms with Gasteiger partial charge in [-0.3, -0.25) is 5.10 Å². The number of anilines is 2. The fourth-order valence-corrected chi connectivity index (χ4v) is 3.60. The first-order valence-corrected chi connectivity index (χ1v) is 8.56. The van der Waals surface area contributed by atoms with Crippen LogP contribution in [0.25, 0.3) is 11.4 Å². The number of H-pyrrole nitrogens is 2. The number of benzene rings is 1. The van der Waals surface area contributed by atoms with Crippen LogP contribution in [-0.4, -0.2) is 57.0 Å². The molecular weight excluding hydrogens is 340 g/mol. The lowest BCUT2D eigenvalue weighted by Gasteiger charge is -2.37. The molecule has 3 aromatic rings. The maximum absolute atomic E-state index is 6.44. The monoisotopic (exact) mass is 358 g/mol. The van der Waals surface area contributed by atoms with Crippen molar-refractivity contribution in [2.45, 2.75) is 13.8 Å². The van der Waals surface area contributed by atoms with Gasteiger partial charge in [-0.2, -0.15) is 10.3 Å². The van der Waals surface area contributed by atoms with E-state index in [-0.39, 0.29) is 0 Å². The average Bonchev–Trinajstić information content (AvgIpc) is 3.26. The molecule has 2 aromatic heterocycles. The van der Waals surface area contributed by atoms with Crippen molar-refractivity contribution >= 4 is 23.0 Å². The quantitative estimate of drug-likeness (QED) is 0.746. The van der Waals surface area contributed by atoms with Crippen LogP contribution < -0.4 is 9.80 Å². The van der Waals surface area contributed by atoms with Gasteiger partial charge >= 0.3 is 0 Å². The summed E-state index contributed by atoms with van der Waals surface area (Å²) in [5, 5.41) is 22.3. The molecule has 1 fully saturated rings. The molecule has 25 heavy (non-hydrogen) atoms. The van der Waals surface area contributed by atoms with Crippen molar-refractivity contribution < 1.29 is 0 Å². The molecule has 0 saturated carbocycles. The Morgan fingerprint density at radius 2 is 1.80 bits per heavy atom. The summed E-state index contributed by atoms with van der Waals surface area (Å²) in [5.41, 5.74) is 5.28. The van der Waals surface area contributed by atoms with E-state index in [0.29, 0.717) is 5.82 Å². The third-order valence-electron chi connectivity index (χ3n) is 4.58. The maximum Gasteiger partial charge on any atom is 0.204 e. The molecule has 3 heterocycles. The molecule has 1 saturated heterocycles. The van der Waals surface area contributed by atoms with Gasteiger partial charge in [-0.1, -0.05) is 11.6 Å². The van der Waals surface area contributed by atoms with E-state index < -0.39 is 0 Å². The van der Waals surface area contributed by atoms with E-state index in [4.69, 9.17) is 11.6 Å². The largest absolute Gasteiger partial charge is 0.367 e. The Hall–Kier alpha value is -2.61. The highest BCUT2D eigenvalue weighted by atomic mass is 35.5. The number of aryl methyl sites for hydroxylation is 2. The molecule has 0 bridgehead atoms. The Balaban J connectivity index is 1.54. The predicted octanol–water partition coefficient (Wildman–Crippen LogP) is 2.19. The Labute approximate surface area is 150 Å². The Morgan fingerprint density at radius 1 is 1.04 bits per heavy atom. The topological polar surface area (TPSA) is 89.6 Å². The minimum absolute atomic E-state index is 0.571. The summed E-state index contributed by atoms with van der Waals surface area (Å²) in [4.78, 5) is 4.68. The van der Waals surface area contributed by atoms with Gasteiger partial charge in [0.2, 0.25) is 5.82 Å². The van der Waals surface area contributed by atoms with Crippen LogP contribution in [0.3, 0.4) is 0 Å². The Bertz CT molecular complexity index is 845. The molecule has 0 aliphatic carbocycles. The van der Waals surface area contributed by atoms with Crippen molar-refractivity contribution in [1.29, 1.82) is 0 Å². The van der Waals surface area contributed by atoms with Gasteiger partial charge in [-0.15, -0.1) is 10.2 Å². The van der Waals surface area contributed by atoms with Crippen molar-refractivity contribution in [3.63, 3.8) is 0 Å². The summed E-state index contributed by atoms with van der Waals surface area (Å²) in [6, 6.07) is 5.82. The summed E-state index contributed by atoms with van der Waals surface area (Å²) in [7, 11) is 0. The van der Waals surface area contributed by atoms with Gasteiger partial charge in [-0.25, -0.2) is 0 Å². The second kappa shape index (κ2) is 6.36. The number of aromatic nitrogens is 6. The molecule has 130 valence electrons.